The number of carbonyl (C=O) groups excluding carboxylic acids is 1. The minimum atomic E-state index is -1.66. The predicted molar refractivity (Wildman–Crippen MR) is 72.2 cm³/mol. The number of hydrogen-bond donors (Lipinski definition) is 0. The minimum absolute atomic E-state index is 0.102. The molecule has 0 saturated carbocycles. The molecule has 21 heavy (non-hydrogen) atoms. The van der Waals surface area contributed by atoms with Gasteiger partial charge in [-0.1, -0.05) is 6.07 Å². The molecule has 2 aromatic rings. The van der Waals surface area contributed by atoms with E-state index in [4.69, 9.17) is 4.74 Å². The fourth-order valence-electron chi connectivity index (χ4n) is 2.08. The molecule has 2 aromatic carbocycles. The van der Waals surface area contributed by atoms with Gasteiger partial charge in [0.15, 0.2) is 23.2 Å². The van der Waals surface area contributed by atoms with Crippen molar-refractivity contribution in [2.75, 3.05) is 7.11 Å². The molecule has 0 aliphatic carbocycles. The maximum atomic E-state index is 13.7. The molecule has 0 unspecified atom stereocenters. The van der Waals surface area contributed by atoms with Gasteiger partial charge in [0.25, 0.3) is 0 Å². The van der Waals surface area contributed by atoms with Crippen LogP contribution in [0.15, 0.2) is 24.3 Å². The van der Waals surface area contributed by atoms with Crippen LogP contribution in [-0.4, -0.2) is 12.9 Å². The first kappa shape index (κ1) is 15.1. The highest BCUT2D eigenvalue weighted by Gasteiger charge is 2.23. The Kier molecular flexibility index (Phi) is 4.02. The molecule has 0 bridgehead atoms. The summed E-state index contributed by atoms with van der Waals surface area (Å²) in [6.07, 6.45) is 0. The van der Waals surface area contributed by atoms with Gasteiger partial charge in [-0.2, -0.15) is 0 Å². The molecule has 2 rings (SSSR count). The van der Waals surface area contributed by atoms with Crippen molar-refractivity contribution >= 4 is 5.78 Å². The summed E-state index contributed by atoms with van der Waals surface area (Å²) >= 11 is 0. The van der Waals surface area contributed by atoms with E-state index in [1.807, 2.05) is 6.92 Å². The summed E-state index contributed by atoms with van der Waals surface area (Å²) in [5, 5.41) is 0. The summed E-state index contributed by atoms with van der Waals surface area (Å²) in [4.78, 5) is 12.4. The second-order valence-corrected chi connectivity index (χ2v) is 4.64. The summed E-state index contributed by atoms with van der Waals surface area (Å²) < 4.78 is 45.1. The van der Waals surface area contributed by atoms with E-state index in [9.17, 15) is 18.0 Å². The van der Waals surface area contributed by atoms with Gasteiger partial charge in [-0.3, -0.25) is 4.79 Å². The monoisotopic (exact) mass is 294 g/mol. The van der Waals surface area contributed by atoms with Crippen LogP contribution in [-0.2, 0) is 0 Å². The van der Waals surface area contributed by atoms with Gasteiger partial charge in [0, 0.05) is 0 Å². The van der Waals surface area contributed by atoms with Crippen molar-refractivity contribution in [1.29, 1.82) is 0 Å². The fourth-order valence-corrected chi connectivity index (χ4v) is 2.08. The number of ether oxygens (including phenoxy) is 1. The average molecular weight is 294 g/mol. The standard InChI is InChI=1S/C16H13F3O2/c1-8-4-5-11(16(21-3)9(8)2)15(20)10-6-7-12(17)14(19)13(10)18/h4-7H,1-3H3. The van der Waals surface area contributed by atoms with Gasteiger partial charge in [0.1, 0.15) is 5.75 Å². The number of halogens is 3. The molecular weight excluding hydrogens is 281 g/mol. The first-order chi connectivity index (χ1) is 9.88. The Morgan fingerprint density at radius 2 is 1.57 bits per heavy atom. The van der Waals surface area contributed by atoms with Crippen molar-refractivity contribution in [3.63, 3.8) is 0 Å². The topological polar surface area (TPSA) is 26.3 Å². The molecular formula is C16H13F3O2. The van der Waals surface area contributed by atoms with Crippen LogP contribution in [0.25, 0.3) is 0 Å². The second kappa shape index (κ2) is 5.60. The predicted octanol–water partition coefficient (Wildman–Crippen LogP) is 3.96. The second-order valence-electron chi connectivity index (χ2n) is 4.64. The molecule has 0 saturated heterocycles. The third-order valence-corrected chi connectivity index (χ3v) is 3.41. The zero-order valence-corrected chi connectivity index (χ0v) is 11.8. The molecule has 0 N–H and O–H groups in total. The third kappa shape index (κ3) is 2.51. The van der Waals surface area contributed by atoms with Crippen LogP contribution in [0.4, 0.5) is 13.2 Å². The van der Waals surface area contributed by atoms with Gasteiger partial charge in [-0.15, -0.1) is 0 Å². The van der Waals surface area contributed by atoms with E-state index >= 15 is 0 Å². The largest absolute Gasteiger partial charge is 0.496 e. The lowest BCUT2D eigenvalue weighted by Gasteiger charge is -2.13. The highest BCUT2D eigenvalue weighted by atomic mass is 19.2. The Labute approximate surface area is 120 Å². The highest BCUT2D eigenvalue weighted by Crippen LogP contribution is 2.29. The van der Waals surface area contributed by atoms with Gasteiger partial charge in [-0.05, 0) is 43.2 Å². The van der Waals surface area contributed by atoms with Gasteiger partial charge in [0.05, 0.1) is 18.2 Å². The van der Waals surface area contributed by atoms with Crippen molar-refractivity contribution in [2.45, 2.75) is 13.8 Å². The van der Waals surface area contributed by atoms with Crippen molar-refractivity contribution in [3.8, 4) is 5.75 Å². The summed E-state index contributed by atoms with van der Waals surface area (Å²) in [5.41, 5.74) is 1.20. The summed E-state index contributed by atoms with van der Waals surface area (Å²) in [5.74, 6) is -4.96. The summed E-state index contributed by atoms with van der Waals surface area (Å²) in [6, 6.07) is 4.80. The van der Waals surface area contributed by atoms with E-state index in [1.54, 1.807) is 13.0 Å². The van der Waals surface area contributed by atoms with Crippen LogP contribution in [0.5, 0.6) is 5.75 Å². The van der Waals surface area contributed by atoms with Crippen molar-refractivity contribution < 1.29 is 22.7 Å². The molecule has 0 aliphatic heterocycles. The first-order valence-corrected chi connectivity index (χ1v) is 6.20. The Balaban J connectivity index is 2.61. The lowest BCUT2D eigenvalue weighted by atomic mass is 9.97. The molecule has 2 nitrogen and oxygen atoms in total. The maximum Gasteiger partial charge on any atom is 0.199 e. The van der Waals surface area contributed by atoms with E-state index in [0.717, 1.165) is 23.3 Å². The number of ketones is 1. The number of aryl methyl sites for hydroxylation is 1. The maximum absolute atomic E-state index is 13.7. The van der Waals surface area contributed by atoms with Crippen LogP contribution in [0.1, 0.15) is 27.0 Å². The van der Waals surface area contributed by atoms with Crippen molar-refractivity contribution in [3.05, 3.63) is 64.0 Å². The Morgan fingerprint density at radius 3 is 2.19 bits per heavy atom. The number of benzene rings is 2. The van der Waals surface area contributed by atoms with Crippen LogP contribution in [0.2, 0.25) is 0 Å². The van der Waals surface area contributed by atoms with Crippen LogP contribution < -0.4 is 4.74 Å². The summed E-state index contributed by atoms with van der Waals surface area (Å²) in [6.45, 7) is 3.59. The smallest absolute Gasteiger partial charge is 0.199 e. The lowest BCUT2D eigenvalue weighted by Crippen LogP contribution is -2.10. The van der Waals surface area contributed by atoms with Gasteiger partial charge < -0.3 is 4.74 Å². The molecule has 0 heterocycles. The van der Waals surface area contributed by atoms with E-state index in [0.29, 0.717) is 5.75 Å². The fraction of sp³-hybridized carbons (Fsp3) is 0.188. The van der Waals surface area contributed by atoms with Gasteiger partial charge >= 0.3 is 0 Å². The van der Waals surface area contributed by atoms with Crippen LogP contribution >= 0.6 is 0 Å². The Hall–Kier alpha value is -2.30. The number of hydrogen-bond acceptors (Lipinski definition) is 2. The zero-order valence-electron chi connectivity index (χ0n) is 11.8. The molecule has 0 amide bonds. The highest BCUT2D eigenvalue weighted by molar-refractivity contribution is 6.11. The molecule has 0 aliphatic rings. The Morgan fingerprint density at radius 1 is 0.952 bits per heavy atom. The SMILES string of the molecule is COc1c(C(=O)c2ccc(F)c(F)c2F)ccc(C)c1C. The van der Waals surface area contributed by atoms with Gasteiger partial charge in [0.2, 0.25) is 0 Å². The normalized spacial score (nSPS) is 10.6. The number of carbonyl (C=O) groups is 1. The van der Waals surface area contributed by atoms with E-state index in [1.165, 1.54) is 13.2 Å². The minimum Gasteiger partial charge on any atom is -0.496 e. The quantitative estimate of drug-likeness (QED) is 0.632. The van der Waals surface area contributed by atoms with E-state index < -0.39 is 28.8 Å². The van der Waals surface area contributed by atoms with Crippen LogP contribution in [0.3, 0.4) is 0 Å². The number of rotatable bonds is 3. The number of methoxy groups -OCH3 is 1. The lowest BCUT2D eigenvalue weighted by molar-refractivity contribution is 0.103. The van der Waals surface area contributed by atoms with E-state index in [2.05, 4.69) is 0 Å². The molecule has 0 atom stereocenters. The molecule has 5 heteroatoms. The first-order valence-electron chi connectivity index (χ1n) is 6.20. The molecule has 0 radical (unpaired) electrons. The zero-order chi connectivity index (χ0) is 15.7. The van der Waals surface area contributed by atoms with E-state index in [-0.39, 0.29) is 5.56 Å². The van der Waals surface area contributed by atoms with Gasteiger partial charge in [-0.25, -0.2) is 13.2 Å². The Bertz CT molecular complexity index is 724. The molecule has 0 aromatic heterocycles. The summed E-state index contributed by atoms with van der Waals surface area (Å²) in [7, 11) is 1.39. The van der Waals surface area contributed by atoms with Crippen molar-refractivity contribution in [1.82, 2.24) is 0 Å². The van der Waals surface area contributed by atoms with Crippen LogP contribution in [0, 0.1) is 31.3 Å². The molecule has 0 fully saturated rings. The average Bonchev–Trinajstić information content (AvgIpc) is 2.47. The molecule has 0 spiro atoms. The molecule has 110 valence electrons. The van der Waals surface area contributed by atoms with Crippen molar-refractivity contribution in [2.24, 2.45) is 0 Å². The third-order valence-electron chi connectivity index (χ3n) is 3.41.